The number of aryl methyl sites for hydroxylation is 1. The molecular weight excluding hydrogens is 294 g/mol. The van der Waals surface area contributed by atoms with E-state index in [-0.39, 0.29) is 12.1 Å². The molecule has 5 nitrogen and oxygen atoms in total. The number of hydrogen-bond donors (Lipinski definition) is 1. The van der Waals surface area contributed by atoms with Crippen LogP contribution < -0.4 is 5.73 Å². The van der Waals surface area contributed by atoms with Crippen molar-refractivity contribution in [3.63, 3.8) is 0 Å². The average Bonchev–Trinajstić information content (AvgIpc) is 2.70. The molecule has 0 saturated carbocycles. The van der Waals surface area contributed by atoms with Crippen LogP contribution in [0.3, 0.4) is 0 Å². The van der Waals surface area contributed by atoms with Crippen molar-refractivity contribution in [2.75, 3.05) is 0 Å². The Morgan fingerprint density at radius 2 is 2.11 bits per heavy atom. The first kappa shape index (κ1) is 13.2. The van der Waals surface area contributed by atoms with Crippen molar-refractivity contribution in [2.24, 2.45) is 5.73 Å². The maximum Gasteiger partial charge on any atom is 0.125 e. The Balaban J connectivity index is 2.45. The van der Waals surface area contributed by atoms with Crippen LogP contribution in [0.2, 0.25) is 0 Å². The van der Waals surface area contributed by atoms with Crippen LogP contribution in [0.25, 0.3) is 0 Å². The fourth-order valence-electron chi connectivity index (χ4n) is 1.84. The summed E-state index contributed by atoms with van der Waals surface area (Å²) in [6.07, 6.45) is 3.49. The predicted molar refractivity (Wildman–Crippen MR) is 73.1 cm³/mol. The summed E-state index contributed by atoms with van der Waals surface area (Å²) in [5.41, 5.74) is 8.02. The topological polar surface area (TPSA) is 69.6 Å². The van der Waals surface area contributed by atoms with Crippen LogP contribution in [0.1, 0.15) is 43.1 Å². The molecule has 0 radical (unpaired) electrons. The van der Waals surface area contributed by atoms with Gasteiger partial charge in [0.1, 0.15) is 5.82 Å². The molecule has 0 spiro atoms. The molecule has 2 N–H and O–H groups in total. The zero-order chi connectivity index (χ0) is 13.3. The summed E-state index contributed by atoms with van der Waals surface area (Å²) in [4.78, 5) is 8.46. The van der Waals surface area contributed by atoms with E-state index >= 15 is 0 Å². The van der Waals surface area contributed by atoms with E-state index in [0.717, 1.165) is 21.7 Å². The van der Waals surface area contributed by atoms with Gasteiger partial charge in [-0.25, -0.2) is 9.97 Å². The second kappa shape index (κ2) is 5.16. The molecule has 2 aromatic heterocycles. The number of nitrogens with zero attached hydrogens (tertiary/aromatic N) is 4. The molecule has 0 aliphatic carbocycles. The molecule has 0 aromatic carbocycles. The number of aromatic nitrogens is 4. The van der Waals surface area contributed by atoms with Crippen LogP contribution in [-0.2, 0) is 0 Å². The van der Waals surface area contributed by atoms with Gasteiger partial charge in [0.2, 0.25) is 0 Å². The van der Waals surface area contributed by atoms with E-state index in [4.69, 9.17) is 5.73 Å². The van der Waals surface area contributed by atoms with Gasteiger partial charge in [-0.3, -0.25) is 4.68 Å². The molecule has 0 fully saturated rings. The Labute approximate surface area is 115 Å². The van der Waals surface area contributed by atoms with Crippen molar-refractivity contribution >= 4 is 15.9 Å². The first-order valence-electron chi connectivity index (χ1n) is 5.78. The van der Waals surface area contributed by atoms with E-state index in [1.165, 1.54) is 0 Å². The van der Waals surface area contributed by atoms with Gasteiger partial charge in [0, 0.05) is 12.2 Å². The molecule has 2 aromatic rings. The van der Waals surface area contributed by atoms with E-state index in [0.29, 0.717) is 0 Å². The Hall–Kier alpha value is -1.27. The number of rotatable bonds is 3. The Kier molecular flexibility index (Phi) is 3.77. The van der Waals surface area contributed by atoms with Gasteiger partial charge in [-0.15, -0.1) is 0 Å². The minimum absolute atomic E-state index is 0.250. The van der Waals surface area contributed by atoms with Crippen molar-refractivity contribution in [2.45, 2.75) is 32.9 Å². The lowest BCUT2D eigenvalue weighted by atomic mass is 10.1. The van der Waals surface area contributed by atoms with Crippen molar-refractivity contribution in [3.8, 4) is 0 Å². The molecule has 0 bridgehead atoms. The highest BCUT2D eigenvalue weighted by molar-refractivity contribution is 9.10. The zero-order valence-corrected chi connectivity index (χ0v) is 12.2. The molecule has 18 heavy (non-hydrogen) atoms. The maximum absolute atomic E-state index is 6.29. The Morgan fingerprint density at radius 3 is 2.72 bits per heavy atom. The van der Waals surface area contributed by atoms with E-state index < -0.39 is 0 Å². The monoisotopic (exact) mass is 309 g/mol. The van der Waals surface area contributed by atoms with Crippen LogP contribution in [0.4, 0.5) is 0 Å². The standard InChI is InChI=1S/C12H16BrN5/c1-7(2)18-12(9(13)6-16-18)11(14)10-4-5-15-8(3)17-10/h4-7,11H,14H2,1-3H3. The molecule has 0 aliphatic rings. The summed E-state index contributed by atoms with van der Waals surface area (Å²) < 4.78 is 2.81. The van der Waals surface area contributed by atoms with Crippen molar-refractivity contribution < 1.29 is 0 Å². The van der Waals surface area contributed by atoms with Gasteiger partial charge in [0.05, 0.1) is 28.1 Å². The average molecular weight is 310 g/mol. The summed E-state index contributed by atoms with van der Waals surface area (Å²) in [7, 11) is 0. The van der Waals surface area contributed by atoms with E-state index in [1.807, 2.05) is 17.7 Å². The van der Waals surface area contributed by atoms with Gasteiger partial charge in [-0.1, -0.05) is 0 Å². The highest BCUT2D eigenvalue weighted by Gasteiger charge is 2.20. The second-order valence-electron chi connectivity index (χ2n) is 4.42. The summed E-state index contributed by atoms with van der Waals surface area (Å²) in [6, 6.07) is 1.77. The van der Waals surface area contributed by atoms with Crippen molar-refractivity contribution in [1.29, 1.82) is 0 Å². The lowest BCUT2D eigenvalue weighted by Gasteiger charge is -2.17. The minimum atomic E-state index is -0.314. The SMILES string of the molecule is Cc1nccc(C(N)c2c(Br)cnn2C(C)C)n1. The summed E-state index contributed by atoms with van der Waals surface area (Å²) in [6.45, 7) is 5.99. The molecule has 2 heterocycles. The maximum atomic E-state index is 6.29. The summed E-state index contributed by atoms with van der Waals surface area (Å²) >= 11 is 3.50. The van der Waals surface area contributed by atoms with E-state index in [1.54, 1.807) is 12.4 Å². The lowest BCUT2D eigenvalue weighted by molar-refractivity contribution is 0.496. The Morgan fingerprint density at radius 1 is 1.39 bits per heavy atom. The quantitative estimate of drug-likeness (QED) is 0.945. The predicted octanol–water partition coefficient (Wildman–Crippen LogP) is 2.37. The number of halogens is 1. The molecule has 0 saturated heterocycles. The Bertz CT molecular complexity index is 549. The third-order valence-electron chi connectivity index (χ3n) is 2.69. The van der Waals surface area contributed by atoms with Crippen molar-refractivity contribution in [3.05, 3.63) is 40.1 Å². The summed E-state index contributed by atoms with van der Waals surface area (Å²) in [5.74, 6) is 0.717. The smallest absolute Gasteiger partial charge is 0.125 e. The van der Waals surface area contributed by atoms with Crippen LogP contribution in [0.5, 0.6) is 0 Å². The van der Waals surface area contributed by atoms with E-state index in [9.17, 15) is 0 Å². The van der Waals surface area contributed by atoms with Gasteiger partial charge in [0.15, 0.2) is 0 Å². The van der Waals surface area contributed by atoms with Crippen LogP contribution in [0.15, 0.2) is 22.9 Å². The molecule has 0 amide bonds. The van der Waals surface area contributed by atoms with Crippen molar-refractivity contribution in [1.82, 2.24) is 19.7 Å². The first-order chi connectivity index (χ1) is 8.50. The highest BCUT2D eigenvalue weighted by Crippen LogP contribution is 2.27. The molecule has 2 rings (SSSR count). The fraction of sp³-hybridized carbons (Fsp3) is 0.417. The van der Waals surface area contributed by atoms with Crippen LogP contribution >= 0.6 is 15.9 Å². The third kappa shape index (κ3) is 2.44. The van der Waals surface area contributed by atoms with E-state index in [2.05, 4.69) is 44.8 Å². The van der Waals surface area contributed by atoms with Gasteiger partial charge in [-0.05, 0) is 42.8 Å². The number of hydrogen-bond acceptors (Lipinski definition) is 4. The first-order valence-corrected chi connectivity index (χ1v) is 6.58. The molecule has 1 atom stereocenters. The van der Waals surface area contributed by atoms with Crippen LogP contribution in [0, 0.1) is 6.92 Å². The minimum Gasteiger partial charge on any atom is -0.318 e. The van der Waals surface area contributed by atoms with Gasteiger partial charge in [0.25, 0.3) is 0 Å². The molecular formula is C12H16BrN5. The number of nitrogens with two attached hydrogens (primary N) is 1. The van der Waals surface area contributed by atoms with Crippen LogP contribution in [-0.4, -0.2) is 19.7 Å². The fourth-order valence-corrected chi connectivity index (χ4v) is 2.36. The third-order valence-corrected chi connectivity index (χ3v) is 3.30. The van der Waals surface area contributed by atoms with Gasteiger partial charge < -0.3 is 5.73 Å². The molecule has 96 valence electrons. The zero-order valence-electron chi connectivity index (χ0n) is 10.6. The lowest BCUT2D eigenvalue weighted by Crippen LogP contribution is -2.20. The van der Waals surface area contributed by atoms with Gasteiger partial charge in [-0.2, -0.15) is 5.10 Å². The molecule has 6 heteroatoms. The summed E-state index contributed by atoms with van der Waals surface area (Å²) in [5, 5.41) is 4.33. The second-order valence-corrected chi connectivity index (χ2v) is 5.28. The normalized spacial score (nSPS) is 13.0. The largest absolute Gasteiger partial charge is 0.318 e. The molecule has 0 aliphatic heterocycles. The highest BCUT2D eigenvalue weighted by atomic mass is 79.9. The molecule has 1 unspecified atom stereocenters. The van der Waals surface area contributed by atoms with Gasteiger partial charge >= 0.3 is 0 Å².